The van der Waals surface area contributed by atoms with Gasteiger partial charge in [-0.05, 0) is 18.1 Å². The third-order valence-electron chi connectivity index (χ3n) is 3.15. The highest BCUT2D eigenvalue weighted by Crippen LogP contribution is 2.20. The standard InChI is InChI=1S/C14H18ClN3O2/c1-9(2)7-18-8-10(5-13(18)19)14(20)17-12-4-3-11(15)6-16-12/h3-4,6,9-10H,5,7-8H2,1-2H3,(H,16,17,20). The number of aromatic nitrogens is 1. The van der Waals surface area contributed by atoms with Crippen molar-refractivity contribution >= 4 is 29.2 Å². The molecule has 1 N–H and O–H groups in total. The molecule has 1 atom stereocenters. The molecule has 0 aliphatic carbocycles. The number of hydrogen-bond acceptors (Lipinski definition) is 3. The number of likely N-dealkylation sites (tertiary alicyclic amines) is 1. The van der Waals surface area contributed by atoms with Crippen molar-refractivity contribution in [2.24, 2.45) is 11.8 Å². The molecule has 0 aromatic carbocycles. The highest BCUT2D eigenvalue weighted by atomic mass is 35.5. The van der Waals surface area contributed by atoms with Crippen molar-refractivity contribution in [1.82, 2.24) is 9.88 Å². The number of pyridine rings is 1. The van der Waals surface area contributed by atoms with Crippen LogP contribution in [0.4, 0.5) is 5.82 Å². The lowest BCUT2D eigenvalue weighted by Crippen LogP contribution is -2.31. The van der Waals surface area contributed by atoms with Gasteiger partial charge in [0.25, 0.3) is 0 Å². The number of nitrogens with one attached hydrogen (secondary N) is 1. The van der Waals surface area contributed by atoms with Gasteiger partial charge in [-0.3, -0.25) is 9.59 Å². The van der Waals surface area contributed by atoms with E-state index in [-0.39, 0.29) is 24.2 Å². The van der Waals surface area contributed by atoms with E-state index in [0.29, 0.717) is 29.8 Å². The molecule has 5 nitrogen and oxygen atoms in total. The average molecular weight is 296 g/mol. The Kier molecular flexibility index (Phi) is 4.60. The molecule has 0 bridgehead atoms. The summed E-state index contributed by atoms with van der Waals surface area (Å²) >= 11 is 5.74. The third-order valence-corrected chi connectivity index (χ3v) is 3.37. The van der Waals surface area contributed by atoms with Gasteiger partial charge >= 0.3 is 0 Å². The summed E-state index contributed by atoms with van der Waals surface area (Å²) in [6, 6.07) is 3.30. The van der Waals surface area contributed by atoms with Crippen molar-refractivity contribution in [3.8, 4) is 0 Å². The van der Waals surface area contributed by atoms with Crippen LogP contribution in [0.25, 0.3) is 0 Å². The number of anilines is 1. The molecule has 0 saturated carbocycles. The van der Waals surface area contributed by atoms with Gasteiger partial charge in [-0.1, -0.05) is 25.4 Å². The van der Waals surface area contributed by atoms with Crippen LogP contribution in [0.15, 0.2) is 18.3 Å². The topological polar surface area (TPSA) is 62.3 Å². The number of rotatable bonds is 4. The second-order valence-electron chi connectivity index (χ2n) is 5.44. The Morgan fingerprint density at radius 3 is 2.90 bits per heavy atom. The molecule has 1 fully saturated rings. The first-order valence-corrected chi connectivity index (χ1v) is 7.03. The van der Waals surface area contributed by atoms with E-state index in [0.717, 1.165) is 0 Å². The molecule has 0 spiro atoms. The highest BCUT2D eigenvalue weighted by Gasteiger charge is 2.34. The summed E-state index contributed by atoms with van der Waals surface area (Å²) in [4.78, 5) is 29.7. The van der Waals surface area contributed by atoms with Gasteiger partial charge in [0.15, 0.2) is 0 Å². The number of carbonyl (C=O) groups is 2. The minimum absolute atomic E-state index is 0.0444. The van der Waals surface area contributed by atoms with Gasteiger partial charge in [0, 0.05) is 25.7 Å². The third kappa shape index (κ3) is 3.70. The zero-order chi connectivity index (χ0) is 14.7. The van der Waals surface area contributed by atoms with Crippen LogP contribution in [-0.4, -0.2) is 34.8 Å². The Balaban J connectivity index is 1.94. The molecule has 6 heteroatoms. The Labute approximate surface area is 123 Å². The van der Waals surface area contributed by atoms with E-state index < -0.39 is 0 Å². The molecule has 1 aromatic rings. The van der Waals surface area contributed by atoms with Crippen LogP contribution < -0.4 is 5.32 Å². The summed E-state index contributed by atoms with van der Waals surface area (Å²) in [5.41, 5.74) is 0. The fraction of sp³-hybridized carbons (Fsp3) is 0.500. The summed E-state index contributed by atoms with van der Waals surface area (Å²) in [6.07, 6.45) is 1.74. The zero-order valence-corrected chi connectivity index (χ0v) is 12.4. The van der Waals surface area contributed by atoms with E-state index in [1.807, 2.05) is 0 Å². The van der Waals surface area contributed by atoms with E-state index in [4.69, 9.17) is 11.6 Å². The average Bonchev–Trinajstić information content (AvgIpc) is 2.73. The molecular formula is C14H18ClN3O2. The van der Waals surface area contributed by atoms with E-state index in [9.17, 15) is 9.59 Å². The first-order valence-electron chi connectivity index (χ1n) is 6.66. The van der Waals surface area contributed by atoms with Crippen molar-refractivity contribution in [2.75, 3.05) is 18.4 Å². The maximum absolute atomic E-state index is 12.1. The lowest BCUT2D eigenvalue weighted by Gasteiger charge is -2.18. The summed E-state index contributed by atoms with van der Waals surface area (Å²) in [6.45, 7) is 5.29. The van der Waals surface area contributed by atoms with Crippen molar-refractivity contribution in [1.29, 1.82) is 0 Å². The molecular weight excluding hydrogens is 278 g/mol. The van der Waals surface area contributed by atoms with Crippen LogP contribution in [-0.2, 0) is 9.59 Å². The summed E-state index contributed by atoms with van der Waals surface area (Å²) in [5.74, 6) is 0.425. The second kappa shape index (κ2) is 6.22. The van der Waals surface area contributed by atoms with Gasteiger partial charge < -0.3 is 10.2 Å². The molecule has 1 aromatic heterocycles. The van der Waals surface area contributed by atoms with Crippen molar-refractivity contribution in [3.05, 3.63) is 23.4 Å². The molecule has 2 amide bonds. The lowest BCUT2D eigenvalue weighted by atomic mass is 10.1. The van der Waals surface area contributed by atoms with Gasteiger partial charge in [0.2, 0.25) is 11.8 Å². The van der Waals surface area contributed by atoms with E-state index in [2.05, 4.69) is 24.1 Å². The van der Waals surface area contributed by atoms with Gasteiger partial charge in [0.05, 0.1) is 10.9 Å². The molecule has 2 rings (SSSR count). The van der Waals surface area contributed by atoms with E-state index in [1.54, 1.807) is 17.0 Å². The summed E-state index contributed by atoms with van der Waals surface area (Å²) in [7, 11) is 0. The maximum atomic E-state index is 12.1. The normalized spacial score (nSPS) is 18.7. The van der Waals surface area contributed by atoms with Gasteiger partial charge in [0.1, 0.15) is 5.82 Å². The molecule has 1 aliphatic heterocycles. The van der Waals surface area contributed by atoms with Crippen LogP contribution in [0.3, 0.4) is 0 Å². The lowest BCUT2D eigenvalue weighted by molar-refractivity contribution is -0.128. The largest absolute Gasteiger partial charge is 0.342 e. The highest BCUT2D eigenvalue weighted by molar-refractivity contribution is 6.30. The fourth-order valence-corrected chi connectivity index (χ4v) is 2.35. The zero-order valence-electron chi connectivity index (χ0n) is 11.6. The van der Waals surface area contributed by atoms with Crippen LogP contribution in [0.1, 0.15) is 20.3 Å². The van der Waals surface area contributed by atoms with Gasteiger partial charge in [-0.15, -0.1) is 0 Å². The minimum atomic E-state index is -0.307. The quantitative estimate of drug-likeness (QED) is 0.926. The molecule has 1 unspecified atom stereocenters. The Morgan fingerprint density at radius 1 is 1.55 bits per heavy atom. The fourth-order valence-electron chi connectivity index (χ4n) is 2.24. The monoisotopic (exact) mass is 295 g/mol. The van der Waals surface area contributed by atoms with Gasteiger partial charge in [-0.2, -0.15) is 0 Å². The Hall–Kier alpha value is -1.62. The van der Waals surface area contributed by atoms with Crippen molar-refractivity contribution < 1.29 is 9.59 Å². The maximum Gasteiger partial charge on any atom is 0.230 e. The Morgan fingerprint density at radius 2 is 2.30 bits per heavy atom. The number of halogens is 1. The number of amides is 2. The number of nitrogens with zero attached hydrogens (tertiary/aromatic N) is 2. The summed E-state index contributed by atoms with van der Waals surface area (Å²) in [5, 5.41) is 3.23. The first kappa shape index (κ1) is 14.8. The molecule has 108 valence electrons. The minimum Gasteiger partial charge on any atom is -0.342 e. The predicted octanol–water partition coefficient (Wildman–Crippen LogP) is 2.18. The molecule has 1 aliphatic rings. The Bertz CT molecular complexity index is 502. The van der Waals surface area contributed by atoms with Crippen molar-refractivity contribution in [2.45, 2.75) is 20.3 Å². The van der Waals surface area contributed by atoms with Crippen LogP contribution >= 0.6 is 11.6 Å². The van der Waals surface area contributed by atoms with Gasteiger partial charge in [-0.25, -0.2) is 4.98 Å². The van der Waals surface area contributed by atoms with Crippen LogP contribution in [0, 0.1) is 11.8 Å². The van der Waals surface area contributed by atoms with Crippen molar-refractivity contribution in [3.63, 3.8) is 0 Å². The summed E-state index contributed by atoms with van der Waals surface area (Å²) < 4.78 is 0. The number of hydrogen-bond donors (Lipinski definition) is 1. The first-order chi connectivity index (χ1) is 9.45. The smallest absolute Gasteiger partial charge is 0.230 e. The molecule has 20 heavy (non-hydrogen) atoms. The van der Waals surface area contributed by atoms with Crippen LogP contribution in [0.5, 0.6) is 0 Å². The van der Waals surface area contributed by atoms with E-state index >= 15 is 0 Å². The van der Waals surface area contributed by atoms with Crippen LogP contribution in [0.2, 0.25) is 5.02 Å². The predicted molar refractivity (Wildman–Crippen MR) is 77.4 cm³/mol. The number of carbonyl (C=O) groups excluding carboxylic acids is 2. The second-order valence-corrected chi connectivity index (χ2v) is 5.88. The molecule has 1 saturated heterocycles. The molecule has 0 radical (unpaired) electrons. The SMILES string of the molecule is CC(C)CN1CC(C(=O)Nc2ccc(Cl)cn2)CC1=O. The molecule has 2 heterocycles. The van der Waals surface area contributed by atoms with E-state index in [1.165, 1.54) is 6.20 Å².